The largest absolute Gasteiger partial charge is 0.497 e. The number of rotatable bonds is 6. The van der Waals surface area contributed by atoms with Gasteiger partial charge in [0.2, 0.25) is 0 Å². The first-order chi connectivity index (χ1) is 16.1. The number of nitrogens with zero attached hydrogens (tertiary/aromatic N) is 3. The molecule has 2 N–H and O–H groups in total. The predicted octanol–water partition coefficient (Wildman–Crippen LogP) is 4.15. The van der Waals surface area contributed by atoms with Gasteiger partial charge in [-0.2, -0.15) is 0 Å². The first-order valence-corrected chi connectivity index (χ1v) is 10.7. The maximum atomic E-state index is 12.2. The van der Waals surface area contributed by atoms with Gasteiger partial charge in [-0.05, 0) is 23.8 Å². The third-order valence-electron chi connectivity index (χ3n) is 6.15. The molecule has 166 valence electrons. The highest BCUT2D eigenvalue weighted by Crippen LogP contribution is 2.41. The number of fused-ring (bicyclic) bond motifs is 2. The van der Waals surface area contributed by atoms with Crippen molar-refractivity contribution < 1.29 is 14.3 Å². The number of aromatic nitrogens is 2. The quantitative estimate of drug-likeness (QED) is 0.450. The monoisotopic (exact) mass is 440 g/mol. The Hall–Kier alpha value is -3.97. The van der Waals surface area contributed by atoms with Crippen molar-refractivity contribution in [1.82, 2.24) is 14.9 Å². The van der Waals surface area contributed by atoms with E-state index >= 15 is 0 Å². The van der Waals surface area contributed by atoms with E-state index in [9.17, 15) is 4.79 Å². The smallest absolute Gasteiger partial charge is 0.141 e. The van der Waals surface area contributed by atoms with Gasteiger partial charge in [0.1, 0.15) is 17.8 Å². The Morgan fingerprint density at radius 2 is 1.88 bits per heavy atom. The first kappa shape index (κ1) is 20.9. The molecule has 0 radical (unpaired) electrons. The normalized spacial score (nSPS) is 15.4. The van der Waals surface area contributed by atoms with Crippen LogP contribution in [-0.2, 0) is 17.9 Å². The second-order valence-electron chi connectivity index (χ2n) is 8.04. The van der Waals surface area contributed by atoms with Gasteiger partial charge in [0.15, 0.2) is 0 Å². The number of carbonyl (C=O) groups is 1. The van der Waals surface area contributed by atoms with Crippen LogP contribution >= 0.6 is 0 Å². The Morgan fingerprint density at radius 3 is 2.61 bits per heavy atom. The summed E-state index contributed by atoms with van der Waals surface area (Å²) in [5, 5.41) is 0.826. The van der Waals surface area contributed by atoms with E-state index in [0.29, 0.717) is 24.5 Å². The van der Waals surface area contributed by atoms with Crippen molar-refractivity contribution in [3.63, 3.8) is 0 Å². The number of carbonyl (C=O) groups excluding carboxylic acids is 1. The van der Waals surface area contributed by atoms with Crippen molar-refractivity contribution in [3.8, 4) is 22.6 Å². The van der Waals surface area contributed by atoms with E-state index < -0.39 is 6.04 Å². The van der Waals surface area contributed by atoms with Crippen molar-refractivity contribution in [2.75, 3.05) is 20.0 Å². The fourth-order valence-corrected chi connectivity index (χ4v) is 4.49. The Kier molecular flexibility index (Phi) is 5.40. The van der Waals surface area contributed by atoms with Crippen molar-refractivity contribution in [3.05, 3.63) is 77.7 Å². The minimum Gasteiger partial charge on any atom is -0.497 e. The molecule has 7 heteroatoms. The number of anilines is 1. The van der Waals surface area contributed by atoms with Crippen LogP contribution < -0.4 is 15.2 Å². The Labute approximate surface area is 191 Å². The van der Waals surface area contributed by atoms with Gasteiger partial charge in [0, 0.05) is 47.1 Å². The summed E-state index contributed by atoms with van der Waals surface area (Å²) in [7, 11) is 3.26. The average Bonchev–Trinajstić information content (AvgIpc) is 3.21. The van der Waals surface area contributed by atoms with Crippen molar-refractivity contribution >= 4 is 22.9 Å². The summed E-state index contributed by atoms with van der Waals surface area (Å²) in [6.07, 6.45) is 4.40. The van der Waals surface area contributed by atoms with Gasteiger partial charge >= 0.3 is 0 Å². The molecule has 5 rings (SSSR count). The van der Waals surface area contributed by atoms with Crippen LogP contribution in [0, 0.1) is 0 Å². The molecule has 0 saturated heterocycles. The Balaban J connectivity index is 1.57. The van der Waals surface area contributed by atoms with Crippen molar-refractivity contribution in [2.24, 2.45) is 0 Å². The molecule has 0 saturated carbocycles. The van der Waals surface area contributed by atoms with Crippen LogP contribution in [-0.4, -0.2) is 35.4 Å². The molecule has 0 fully saturated rings. The Bertz CT molecular complexity index is 1340. The lowest BCUT2D eigenvalue weighted by molar-refractivity contribution is -0.112. The van der Waals surface area contributed by atoms with Gasteiger partial charge in [0.25, 0.3) is 0 Å². The minimum atomic E-state index is -0.443. The molecule has 1 unspecified atom stereocenters. The third kappa shape index (κ3) is 3.66. The van der Waals surface area contributed by atoms with Crippen molar-refractivity contribution in [2.45, 2.75) is 19.1 Å². The van der Waals surface area contributed by atoms with Gasteiger partial charge < -0.3 is 20.0 Å². The molecule has 7 nitrogen and oxygen atoms in total. The predicted molar refractivity (Wildman–Crippen MR) is 127 cm³/mol. The molecule has 0 aliphatic carbocycles. The SMILES string of the molecule is COc1ccc(CN2Cc3nc4c(-c5cncc(OC)c5)cccc4c(N)c3C2C=O)cc1. The van der Waals surface area contributed by atoms with E-state index in [1.54, 1.807) is 26.6 Å². The number of hydrogen-bond acceptors (Lipinski definition) is 7. The topological polar surface area (TPSA) is 90.6 Å². The summed E-state index contributed by atoms with van der Waals surface area (Å²) in [4.78, 5) is 23.5. The fraction of sp³-hybridized carbons (Fsp3) is 0.192. The summed E-state index contributed by atoms with van der Waals surface area (Å²) in [6.45, 7) is 1.14. The fourth-order valence-electron chi connectivity index (χ4n) is 4.49. The number of benzene rings is 2. The zero-order chi connectivity index (χ0) is 22.9. The summed E-state index contributed by atoms with van der Waals surface area (Å²) in [5.74, 6) is 1.47. The number of aldehydes is 1. The number of nitrogen functional groups attached to an aromatic ring is 1. The zero-order valence-corrected chi connectivity index (χ0v) is 18.5. The molecule has 1 aliphatic rings. The maximum absolute atomic E-state index is 12.2. The molecule has 0 bridgehead atoms. The molecule has 4 aromatic rings. The van der Waals surface area contributed by atoms with E-state index in [4.69, 9.17) is 20.2 Å². The number of para-hydroxylation sites is 1. The number of nitrogens with two attached hydrogens (primary N) is 1. The average molecular weight is 441 g/mol. The van der Waals surface area contributed by atoms with E-state index in [0.717, 1.165) is 50.9 Å². The maximum Gasteiger partial charge on any atom is 0.141 e. The number of pyridine rings is 2. The highest BCUT2D eigenvalue weighted by Gasteiger charge is 2.34. The van der Waals surface area contributed by atoms with Crippen LogP contribution in [0.5, 0.6) is 11.5 Å². The molecule has 0 spiro atoms. The van der Waals surface area contributed by atoms with Crippen LogP contribution in [0.3, 0.4) is 0 Å². The van der Waals surface area contributed by atoms with Gasteiger partial charge in [-0.3, -0.25) is 14.9 Å². The third-order valence-corrected chi connectivity index (χ3v) is 6.15. The van der Waals surface area contributed by atoms with E-state index in [2.05, 4.69) is 9.88 Å². The lowest BCUT2D eigenvalue weighted by atomic mass is 9.98. The van der Waals surface area contributed by atoms with Gasteiger partial charge in [0.05, 0.1) is 37.7 Å². The van der Waals surface area contributed by atoms with Gasteiger partial charge in [-0.1, -0.05) is 30.3 Å². The summed E-state index contributed by atoms with van der Waals surface area (Å²) in [5.41, 5.74) is 12.6. The molecular weight excluding hydrogens is 416 g/mol. The molecule has 33 heavy (non-hydrogen) atoms. The number of hydrogen-bond donors (Lipinski definition) is 1. The Morgan fingerprint density at radius 1 is 1.09 bits per heavy atom. The lowest BCUT2D eigenvalue weighted by Crippen LogP contribution is -2.23. The summed E-state index contributed by atoms with van der Waals surface area (Å²) >= 11 is 0. The summed E-state index contributed by atoms with van der Waals surface area (Å²) < 4.78 is 10.6. The molecule has 0 amide bonds. The van der Waals surface area contributed by atoms with Crippen LogP contribution in [0.1, 0.15) is 22.9 Å². The van der Waals surface area contributed by atoms with E-state index in [1.165, 1.54) is 0 Å². The molecule has 1 atom stereocenters. The van der Waals surface area contributed by atoms with Crippen molar-refractivity contribution in [1.29, 1.82) is 0 Å². The second kappa shape index (κ2) is 8.52. The van der Waals surface area contributed by atoms with Crippen LogP contribution in [0.2, 0.25) is 0 Å². The lowest BCUT2D eigenvalue weighted by Gasteiger charge is -2.21. The van der Waals surface area contributed by atoms with E-state index in [1.807, 2.05) is 48.5 Å². The first-order valence-electron chi connectivity index (χ1n) is 10.7. The molecular formula is C26H24N4O3. The molecule has 1 aliphatic heterocycles. The molecule has 2 aromatic carbocycles. The zero-order valence-electron chi connectivity index (χ0n) is 18.5. The molecule has 2 aromatic heterocycles. The number of ether oxygens (including phenoxy) is 2. The van der Waals surface area contributed by atoms with Crippen LogP contribution in [0.25, 0.3) is 22.0 Å². The van der Waals surface area contributed by atoms with Gasteiger partial charge in [-0.15, -0.1) is 0 Å². The van der Waals surface area contributed by atoms with Gasteiger partial charge in [-0.25, -0.2) is 0 Å². The van der Waals surface area contributed by atoms with Crippen LogP contribution in [0.15, 0.2) is 60.9 Å². The highest BCUT2D eigenvalue weighted by molar-refractivity contribution is 6.02. The minimum absolute atomic E-state index is 0.443. The highest BCUT2D eigenvalue weighted by atomic mass is 16.5. The second-order valence-corrected chi connectivity index (χ2v) is 8.04. The van der Waals surface area contributed by atoms with Crippen LogP contribution in [0.4, 0.5) is 5.69 Å². The molecule has 3 heterocycles. The standard InChI is InChI=1S/C26H24N4O3/c1-32-18-8-6-16(7-9-18)13-30-14-22-24(23(30)15-31)25(27)21-5-3-4-20(26(21)29-22)17-10-19(33-2)12-28-11-17/h3-12,15,23H,13-14H2,1-2H3,(H2,27,29). The van der Waals surface area contributed by atoms with E-state index in [-0.39, 0.29) is 0 Å². The summed E-state index contributed by atoms with van der Waals surface area (Å²) in [6, 6.07) is 15.2. The number of methoxy groups -OCH3 is 2.